The van der Waals surface area contributed by atoms with Crippen LogP contribution in [0.1, 0.15) is 26.7 Å². The number of ether oxygens (including phenoxy) is 1. The first kappa shape index (κ1) is 14.3. The van der Waals surface area contributed by atoms with Crippen LogP contribution in [0.2, 0.25) is 10.0 Å². The maximum atomic E-state index is 9.61. The number of fused-ring (bicyclic) bond motifs is 1. The van der Waals surface area contributed by atoms with Crippen LogP contribution in [0.5, 0.6) is 5.75 Å². The Bertz CT molecular complexity index is 510. The van der Waals surface area contributed by atoms with Gasteiger partial charge in [0.2, 0.25) is 0 Å². The zero-order chi connectivity index (χ0) is 14.5. The minimum absolute atomic E-state index is 0.0642. The normalized spacial score (nSPS) is 31.3. The summed E-state index contributed by atoms with van der Waals surface area (Å²) in [6, 6.07) is 3.77. The summed E-state index contributed by atoms with van der Waals surface area (Å²) in [5, 5.41) is 13.7. The summed E-state index contributed by atoms with van der Waals surface area (Å²) in [5.74, 6) is 0.468. The zero-order valence-electron chi connectivity index (χ0n) is 11.6. The number of halogens is 2. The maximum absolute atomic E-state index is 9.61. The van der Waals surface area contributed by atoms with Crippen LogP contribution in [0.15, 0.2) is 12.1 Å². The van der Waals surface area contributed by atoms with E-state index in [1.807, 2.05) is 0 Å². The van der Waals surface area contributed by atoms with Gasteiger partial charge < -0.3 is 15.2 Å². The summed E-state index contributed by atoms with van der Waals surface area (Å²) in [4.78, 5) is 0. The molecule has 1 aromatic rings. The summed E-state index contributed by atoms with van der Waals surface area (Å²) < 4.78 is 5.89. The highest BCUT2D eigenvalue weighted by molar-refractivity contribution is 6.37. The second-order valence-corrected chi connectivity index (χ2v) is 7.14. The van der Waals surface area contributed by atoms with Crippen LogP contribution in [0.4, 0.5) is 5.69 Å². The van der Waals surface area contributed by atoms with E-state index < -0.39 is 0 Å². The van der Waals surface area contributed by atoms with Crippen LogP contribution in [-0.2, 0) is 4.74 Å². The molecule has 0 amide bonds. The van der Waals surface area contributed by atoms with Gasteiger partial charge in [-0.1, -0.05) is 37.0 Å². The number of hydrogen-bond donors (Lipinski definition) is 2. The van der Waals surface area contributed by atoms with Crippen molar-refractivity contribution in [1.82, 2.24) is 0 Å². The number of hydrogen-bond acceptors (Lipinski definition) is 3. The Morgan fingerprint density at radius 3 is 2.60 bits per heavy atom. The van der Waals surface area contributed by atoms with Crippen LogP contribution in [-0.4, -0.2) is 23.9 Å². The zero-order valence-corrected chi connectivity index (χ0v) is 13.1. The summed E-state index contributed by atoms with van der Waals surface area (Å²) in [6.45, 7) is 5.32. The van der Waals surface area contributed by atoms with Gasteiger partial charge in [0.1, 0.15) is 0 Å². The smallest absolute Gasteiger partial charge is 0.152 e. The quantitative estimate of drug-likeness (QED) is 0.799. The van der Waals surface area contributed by atoms with Crippen LogP contribution < -0.4 is 5.32 Å². The molecule has 1 saturated heterocycles. The van der Waals surface area contributed by atoms with Crippen LogP contribution in [0.25, 0.3) is 0 Å². The van der Waals surface area contributed by atoms with E-state index in [0.29, 0.717) is 18.1 Å². The van der Waals surface area contributed by atoms with Gasteiger partial charge in [0.25, 0.3) is 0 Å². The molecular weight excluding hydrogens is 297 g/mol. The lowest BCUT2D eigenvalue weighted by Gasteiger charge is -2.60. The first-order valence-corrected chi connectivity index (χ1v) is 7.73. The van der Waals surface area contributed by atoms with Gasteiger partial charge >= 0.3 is 0 Å². The molecule has 3 rings (SSSR count). The van der Waals surface area contributed by atoms with Gasteiger partial charge in [-0.05, 0) is 25.0 Å². The summed E-state index contributed by atoms with van der Waals surface area (Å²) in [5.41, 5.74) is 0.932. The van der Waals surface area contributed by atoms with E-state index in [0.717, 1.165) is 18.7 Å². The predicted octanol–water partition coefficient (Wildman–Crippen LogP) is 4.31. The van der Waals surface area contributed by atoms with Crippen LogP contribution in [0.3, 0.4) is 0 Å². The number of phenolic OH excluding ortho intramolecular Hbond substituents is 1. The summed E-state index contributed by atoms with van der Waals surface area (Å²) in [6.07, 6.45) is 2.63. The third-order valence-electron chi connectivity index (χ3n) is 4.67. The van der Waals surface area contributed by atoms with E-state index in [1.165, 1.54) is 6.42 Å². The third kappa shape index (κ3) is 2.16. The number of rotatable bonds is 2. The van der Waals surface area contributed by atoms with Crippen LogP contribution in [0, 0.1) is 11.3 Å². The van der Waals surface area contributed by atoms with E-state index in [-0.39, 0.29) is 21.2 Å². The molecule has 1 heterocycles. The Kier molecular flexibility index (Phi) is 3.56. The molecule has 3 nitrogen and oxygen atoms in total. The number of anilines is 1. The Balaban J connectivity index is 1.81. The first-order valence-electron chi connectivity index (χ1n) is 6.97. The largest absolute Gasteiger partial charge is 0.505 e. The first-order chi connectivity index (χ1) is 9.41. The van der Waals surface area contributed by atoms with Crippen molar-refractivity contribution in [3.8, 4) is 5.75 Å². The van der Waals surface area contributed by atoms with Gasteiger partial charge in [0, 0.05) is 29.7 Å². The SMILES string of the molecule is CC1(C)C(Nc2cc(Cl)c(O)c(Cl)c2)C2CCCOC21. The van der Waals surface area contributed by atoms with Crippen molar-refractivity contribution in [1.29, 1.82) is 0 Å². The fraction of sp³-hybridized carbons (Fsp3) is 0.600. The van der Waals surface area contributed by atoms with Gasteiger partial charge in [-0.25, -0.2) is 0 Å². The van der Waals surface area contributed by atoms with Crippen LogP contribution >= 0.6 is 23.2 Å². The molecule has 2 aliphatic rings. The molecular formula is C15H19Cl2NO2. The molecule has 2 N–H and O–H groups in total. The van der Waals surface area contributed by atoms with Gasteiger partial charge in [0.15, 0.2) is 5.75 Å². The Morgan fingerprint density at radius 2 is 1.95 bits per heavy atom. The van der Waals surface area contributed by atoms with Crippen molar-refractivity contribution in [3.05, 3.63) is 22.2 Å². The average Bonchev–Trinajstić information content (AvgIpc) is 2.42. The lowest BCUT2D eigenvalue weighted by atomic mass is 9.55. The van der Waals surface area contributed by atoms with E-state index in [1.54, 1.807) is 12.1 Å². The van der Waals surface area contributed by atoms with E-state index in [2.05, 4.69) is 19.2 Å². The highest BCUT2D eigenvalue weighted by atomic mass is 35.5. The molecule has 3 atom stereocenters. The second-order valence-electron chi connectivity index (χ2n) is 6.33. The van der Waals surface area contributed by atoms with Crippen molar-refractivity contribution in [3.63, 3.8) is 0 Å². The number of phenols is 1. The molecule has 1 aliphatic carbocycles. The van der Waals surface area contributed by atoms with Gasteiger partial charge in [-0.3, -0.25) is 0 Å². The molecule has 5 heteroatoms. The molecule has 1 aromatic carbocycles. The molecule has 0 spiro atoms. The molecule has 0 bridgehead atoms. The number of nitrogens with one attached hydrogen (secondary N) is 1. The molecule has 0 aromatic heterocycles. The molecule has 2 fully saturated rings. The lowest BCUT2D eigenvalue weighted by Crippen LogP contribution is -2.67. The standard InChI is InChI=1S/C15H19Cl2NO2/c1-15(2)13(9-4-3-5-20-14(9)15)18-8-6-10(16)12(19)11(17)7-8/h6-7,9,13-14,18-19H,3-5H2,1-2H3. The average molecular weight is 316 g/mol. The third-order valence-corrected chi connectivity index (χ3v) is 5.25. The molecule has 0 radical (unpaired) electrons. The Hall–Kier alpha value is -0.640. The molecule has 1 saturated carbocycles. The predicted molar refractivity (Wildman–Crippen MR) is 81.8 cm³/mol. The van der Waals surface area contributed by atoms with E-state index >= 15 is 0 Å². The fourth-order valence-corrected chi connectivity index (χ4v) is 4.13. The maximum Gasteiger partial charge on any atom is 0.152 e. The van der Waals surface area contributed by atoms with Crippen molar-refractivity contribution >= 4 is 28.9 Å². The molecule has 3 unspecified atom stereocenters. The Labute approximate surface area is 129 Å². The van der Waals surface area contributed by atoms with Gasteiger partial charge in [-0.15, -0.1) is 0 Å². The van der Waals surface area contributed by atoms with Crippen molar-refractivity contribution in [2.45, 2.75) is 38.8 Å². The number of benzene rings is 1. The van der Waals surface area contributed by atoms with Crippen molar-refractivity contribution < 1.29 is 9.84 Å². The van der Waals surface area contributed by atoms with E-state index in [4.69, 9.17) is 27.9 Å². The second kappa shape index (κ2) is 4.97. The minimum atomic E-state index is -0.0642. The fourth-order valence-electron chi connectivity index (χ4n) is 3.64. The summed E-state index contributed by atoms with van der Waals surface area (Å²) in [7, 11) is 0. The van der Waals surface area contributed by atoms with Crippen molar-refractivity contribution in [2.75, 3.05) is 11.9 Å². The van der Waals surface area contributed by atoms with Gasteiger partial charge in [-0.2, -0.15) is 0 Å². The van der Waals surface area contributed by atoms with E-state index in [9.17, 15) is 5.11 Å². The monoisotopic (exact) mass is 315 g/mol. The van der Waals surface area contributed by atoms with Crippen molar-refractivity contribution in [2.24, 2.45) is 11.3 Å². The summed E-state index contributed by atoms with van der Waals surface area (Å²) >= 11 is 11.9. The minimum Gasteiger partial charge on any atom is -0.505 e. The topological polar surface area (TPSA) is 41.5 Å². The molecule has 1 aliphatic heterocycles. The Morgan fingerprint density at radius 1 is 1.30 bits per heavy atom. The molecule has 110 valence electrons. The number of aromatic hydroxyl groups is 1. The van der Waals surface area contributed by atoms with Gasteiger partial charge in [0.05, 0.1) is 16.1 Å². The highest BCUT2D eigenvalue weighted by Crippen LogP contribution is 2.52. The highest BCUT2D eigenvalue weighted by Gasteiger charge is 2.57. The molecule has 20 heavy (non-hydrogen) atoms. The lowest BCUT2D eigenvalue weighted by molar-refractivity contribution is -0.177.